The molecule has 0 radical (unpaired) electrons. The largest absolute Gasteiger partial charge is 0.351 e. The lowest BCUT2D eigenvalue weighted by Gasteiger charge is -2.01. The van der Waals surface area contributed by atoms with Gasteiger partial charge in [0.05, 0.1) is 11.9 Å². The van der Waals surface area contributed by atoms with Crippen molar-refractivity contribution in [1.82, 2.24) is 20.3 Å². The maximum atomic E-state index is 11.9. The Balaban J connectivity index is 1.84. The SMILES string of the molecule is [N-]=[N+]=NCCCCNC(=O)c1cnn(-c2ccccc2)n1. The van der Waals surface area contributed by atoms with Crippen molar-refractivity contribution in [3.8, 4) is 5.69 Å². The van der Waals surface area contributed by atoms with Gasteiger partial charge in [-0.15, -0.1) is 5.10 Å². The van der Waals surface area contributed by atoms with Gasteiger partial charge in [0.25, 0.3) is 5.91 Å². The third-order valence-corrected chi connectivity index (χ3v) is 2.75. The molecule has 0 unspecified atom stereocenters. The lowest BCUT2D eigenvalue weighted by molar-refractivity contribution is 0.0947. The molecule has 1 heterocycles. The Bertz CT molecular complexity index is 631. The predicted molar refractivity (Wildman–Crippen MR) is 76.9 cm³/mol. The standard InChI is InChI=1S/C13H15N7O/c14-19-16-9-5-4-8-15-13(21)12-10-17-20(18-12)11-6-2-1-3-7-11/h1-3,6-7,10H,4-5,8-9H2,(H,15,21). The van der Waals surface area contributed by atoms with E-state index in [9.17, 15) is 4.79 Å². The molecule has 0 aliphatic heterocycles. The topological polar surface area (TPSA) is 109 Å². The van der Waals surface area contributed by atoms with Gasteiger partial charge in [0.2, 0.25) is 0 Å². The van der Waals surface area contributed by atoms with Crippen LogP contribution in [0.4, 0.5) is 0 Å². The molecule has 0 aliphatic rings. The molecule has 0 fully saturated rings. The molecule has 1 aromatic carbocycles. The van der Waals surface area contributed by atoms with Crippen molar-refractivity contribution in [1.29, 1.82) is 0 Å². The van der Waals surface area contributed by atoms with E-state index in [1.165, 1.54) is 11.0 Å². The average molecular weight is 285 g/mol. The summed E-state index contributed by atoms with van der Waals surface area (Å²) >= 11 is 0. The van der Waals surface area contributed by atoms with E-state index < -0.39 is 0 Å². The number of benzene rings is 1. The van der Waals surface area contributed by atoms with Crippen LogP contribution in [-0.2, 0) is 0 Å². The first-order valence-electron chi connectivity index (χ1n) is 6.58. The first-order valence-corrected chi connectivity index (χ1v) is 6.58. The lowest BCUT2D eigenvalue weighted by Crippen LogP contribution is -2.25. The number of rotatable bonds is 7. The molecule has 2 rings (SSSR count). The highest BCUT2D eigenvalue weighted by Crippen LogP contribution is 2.04. The minimum Gasteiger partial charge on any atom is -0.351 e. The van der Waals surface area contributed by atoms with E-state index in [1.54, 1.807) is 0 Å². The summed E-state index contributed by atoms with van der Waals surface area (Å²) in [7, 11) is 0. The summed E-state index contributed by atoms with van der Waals surface area (Å²) in [5.41, 5.74) is 9.20. The fraction of sp³-hybridized carbons (Fsp3) is 0.308. The average Bonchev–Trinajstić information content (AvgIpc) is 3.01. The fourth-order valence-corrected chi connectivity index (χ4v) is 1.70. The van der Waals surface area contributed by atoms with Crippen molar-refractivity contribution in [3.63, 3.8) is 0 Å². The van der Waals surface area contributed by atoms with Gasteiger partial charge in [0, 0.05) is 18.0 Å². The van der Waals surface area contributed by atoms with Gasteiger partial charge >= 0.3 is 0 Å². The highest BCUT2D eigenvalue weighted by atomic mass is 16.2. The van der Waals surface area contributed by atoms with E-state index in [0.29, 0.717) is 13.1 Å². The van der Waals surface area contributed by atoms with E-state index in [-0.39, 0.29) is 11.6 Å². The van der Waals surface area contributed by atoms with Crippen LogP contribution in [0.3, 0.4) is 0 Å². The Labute approximate surface area is 121 Å². The molecular formula is C13H15N7O. The Morgan fingerprint density at radius 1 is 1.33 bits per heavy atom. The molecule has 1 aromatic heterocycles. The summed E-state index contributed by atoms with van der Waals surface area (Å²) < 4.78 is 0. The third kappa shape index (κ3) is 4.32. The molecule has 0 bridgehead atoms. The highest BCUT2D eigenvalue weighted by Gasteiger charge is 2.10. The summed E-state index contributed by atoms with van der Waals surface area (Å²) in [4.78, 5) is 15.9. The van der Waals surface area contributed by atoms with E-state index in [1.807, 2.05) is 30.3 Å². The zero-order valence-electron chi connectivity index (χ0n) is 11.4. The molecule has 0 saturated carbocycles. The maximum Gasteiger partial charge on any atom is 0.273 e. The molecule has 1 N–H and O–H groups in total. The Morgan fingerprint density at radius 2 is 2.14 bits per heavy atom. The second-order valence-electron chi connectivity index (χ2n) is 4.27. The third-order valence-electron chi connectivity index (χ3n) is 2.75. The van der Waals surface area contributed by atoms with Gasteiger partial charge in [-0.05, 0) is 30.5 Å². The molecule has 8 nitrogen and oxygen atoms in total. The van der Waals surface area contributed by atoms with Crippen LogP contribution in [0.15, 0.2) is 41.6 Å². The molecule has 21 heavy (non-hydrogen) atoms. The molecule has 0 spiro atoms. The minimum absolute atomic E-state index is 0.263. The van der Waals surface area contributed by atoms with Crippen molar-refractivity contribution >= 4 is 5.91 Å². The first kappa shape index (κ1) is 14.5. The second-order valence-corrected chi connectivity index (χ2v) is 4.27. The number of carbonyl (C=O) groups is 1. The zero-order valence-corrected chi connectivity index (χ0v) is 11.4. The van der Waals surface area contributed by atoms with Crippen LogP contribution >= 0.6 is 0 Å². The van der Waals surface area contributed by atoms with Crippen molar-refractivity contribution < 1.29 is 4.79 Å². The van der Waals surface area contributed by atoms with Crippen molar-refractivity contribution in [2.45, 2.75) is 12.8 Å². The summed E-state index contributed by atoms with van der Waals surface area (Å²) in [5.74, 6) is -0.263. The molecule has 0 saturated heterocycles. The summed E-state index contributed by atoms with van der Waals surface area (Å²) in [5, 5.41) is 14.4. The molecular weight excluding hydrogens is 270 g/mol. The number of amides is 1. The van der Waals surface area contributed by atoms with E-state index in [0.717, 1.165) is 18.5 Å². The van der Waals surface area contributed by atoms with Crippen molar-refractivity contribution in [3.05, 3.63) is 52.7 Å². The van der Waals surface area contributed by atoms with Gasteiger partial charge in [-0.3, -0.25) is 4.79 Å². The smallest absolute Gasteiger partial charge is 0.273 e. The summed E-state index contributed by atoms with van der Waals surface area (Å²) in [6.07, 6.45) is 2.92. The monoisotopic (exact) mass is 285 g/mol. The number of nitrogens with zero attached hydrogens (tertiary/aromatic N) is 6. The summed E-state index contributed by atoms with van der Waals surface area (Å²) in [6, 6.07) is 9.37. The molecule has 0 atom stereocenters. The van der Waals surface area contributed by atoms with Gasteiger partial charge < -0.3 is 5.32 Å². The van der Waals surface area contributed by atoms with Gasteiger partial charge in [0.1, 0.15) is 0 Å². The van der Waals surface area contributed by atoms with Crippen LogP contribution in [0.1, 0.15) is 23.3 Å². The van der Waals surface area contributed by atoms with Gasteiger partial charge in [0.15, 0.2) is 5.69 Å². The number of hydrogen-bond acceptors (Lipinski definition) is 4. The number of aromatic nitrogens is 3. The predicted octanol–water partition coefficient (Wildman–Crippen LogP) is 2.09. The fourth-order valence-electron chi connectivity index (χ4n) is 1.70. The number of hydrogen-bond donors (Lipinski definition) is 1. The Hall–Kier alpha value is -2.86. The van der Waals surface area contributed by atoms with Gasteiger partial charge in [-0.1, -0.05) is 23.3 Å². The zero-order chi connectivity index (χ0) is 14.9. The number of azide groups is 1. The van der Waals surface area contributed by atoms with Crippen molar-refractivity contribution in [2.75, 3.05) is 13.1 Å². The van der Waals surface area contributed by atoms with Gasteiger partial charge in [-0.2, -0.15) is 9.90 Å². The van der Waals surface area contributed by atoms with Crippen LogP contribution in [0.25, 0.3) is 16.1 Å². The molecule has 1 amide bonds. The van der Waals surface area contributed by atoms with Gasteiger partial charge in [-0.25, -0.2) is 0 Å². The Kier molecular flexibility index (Phi) is 5.31. The summed E-state index contributed by atoms with van der Waals surface area (Å²) in [6.45, 7) is 0.953. The number of para-hydroxylation sites is 1. The molecule has 0 aliphatic carbocycles. The van der Waals surface area contributed by atoms with Crippen LogP contribution < -0.4 is 5.32 Å². The normalized spacial score (nSPS) is 9.90. The van der Waals surface area contributed by atoms with Crippen LogP contribution in [0.2, 0.25) is 0 Å². The van der Waals surface area contributed by atoms with E-state index >= 15 is 0 Å². The van der Waals surface area contributed by atoms with E-state index in [4.69, 9.17) is 5.53 Å². The molecule has 8 heteroatoms. The van der Waals surface area contributed by atoms with Crippen LogP contribution in [0, 0.1) is 0 Å². The van der Waals surface area contributed by atoms with Crippen LogP contribution in [0.5, 0.6) is 0 Å². The quantitative estimate of drug-likeness (QED) is 0.364. The maximum absolute atomic E-state index is 11.9. The minimum atomic E-state index is -0.263. The number of nitrogens with one attached hydrogen (secondary N) is 1. The number of carbonyl (C=O) groups excluding carboxylic acids is 1. The highest BCUT2D eigenvalue weighted by molar-refractivity contribution is 5.91. The second kappa shape index (κ2) is 7.66. The van der Waals surface area contributed by atoms with Crippen LogP contribution in [-0.4, -0.2) is 34.0 Å². The first-order chi connectivity index (χ1) is 10.3. The lowest BCUT2D eigenvalue weighted by atomic mass is 10.3. The van der Waals surface area contributed by atoms with E-state index in [2.05, 4.69) is 25.5 Å². The molecule has 108 valence electrons. The molecule has 2 aromatic rings. The van der Waals surface area contributed by atoms with Crippen molar-refractivity contribution in [2.24, 2.45) is 5.11 Å². The Morgan fingerprint density at radius 3 is 2.90 bits per heavy atom. The number of unbranched alkanes of at least 4 members (excludes halogenated alkanes) is 1.